The number of nitrogens with zero attached hydrogens (tertiary/aromatic N) is 3. The number of aromatic nitrogens is 3. The number of ether oxygens (including phenoxy) is 1. The fourth-order valence-corrected chi connectivity index (χ4v) is 5.00. The Labute approximate surface area is 197 Å². The molecular weight excluding hydrogens is 507 g/mol. The van der Waals surface area contributed by atoms with Crippen LogP contribution in [0.2, 0.25) is 5.02 Å². The highest BCUT2D eigenvalue weighted by Gasteiger charge is 2.38. The van der Waals surface area contributed by atoms with Gasteiger partial charge in [-0.15, -0.1) is 0 Å². The van der Waals surface area contributed by atoms with Crippen LogP contribution in [0.3, 0.4) is 0 Å². The quantitative estimate of drug-likeness (QED) is 0.567. The number of halogens is 3. The molecule has 3 heterocycles. The molecule has 2 aliphatic rings. The van der Waals surface area contributed by atoms with Crippen molar-refractivity contribution in [3.05, 3.63) is 72.1 Å². The first kappa shape index (κ1) is 21.9. The maximum atomic E-state index is 12.8. The average Bonchev–Trinajstić information content (AvgIpc) is 3.06. The number of carbonyl (C=O) groups excluding carboxylic acids is 1. The van der Waals surface area contributed by atoms with Crippen molar-refractivity contribution < 1.29 is 9.53 Å². The average molecular weight is 526 g/mol. The predicted octanol–water partition coefficient (Wildman–Crippen LogP) is 5.03. The lowest BCUT2D eigenvalue weighted by molar-refractivity contribution is 0.0518. The lowest BCUT2D eigenvalue weighted by Crippen LogP contribution is -2.30. The van der Waals surface area contributed by atoms with Crippen LogP contribution in [0.4, 0.5) is 5.69 Å². The van der Waals surface area contributed by atoms with Crippen LogP contribution >= 0.6 is 39.1 Å². The third kappa shape index (κ3) is 3.77. The second-order valence-corrected chi connectivity index (χ2v) is 8.84. The first-order chi connectivity index (χ1) is 14.7. The minimum atomic E-state index is -0.552. The van der Waals surface area contributed by atoms with Gasteiger partial charge in [-0.3, -0.25) is 9.36 Å². The number of hydrogen-bond acceptors (Lipinski definition) is 5. The third-order valence-electron chi connectivity index (χ3n) is 5.29. The summed E-state index contributed by atoms with van der Waals surface area (Å²) in [6.07, 6.45) is 5.79. The lowest BCUT2D eigenvalue weighted by atomic mass is 9.85. The highest BCUT2D eigenvalue weighted by Crippen LogP contribution is 2.46. The summed E-state index contributed by atoms with van der Waals surface area (Å²) in [5.74, 6) is -0.538. The van der Waals surface area contributed by atoms with E-state index in [0.29, 0.717) is 32.6 Å². The molecule has 0 bridgehead atoms. The molecule has 162 valence electrons. The number of rotatable bonds is 4. The van der Waals surface area contributed by atoms with Gasteiger partial charge in [0.05, 0.1) is 23.4 Å². The molecule has 1 N–H and O–H groups in total. The highest BCUT2D eigenvalue weighted by atomic mass is 79.9. The minimum absolute atomic E-state index is 0.171. The van der Waals surface area contributed by atoms with Crippen LogP contribution < -0.4 is 10.9 Å². The molecule has 0 spiro atoms. The van der Waals surface area contributed by atoms with Crippen molar-refractivity contribution in [3.8, 4) is 0 Å². The molecule has 0 aromatic carbocycles. The van der Waals surface area contributed by atoms with Crippen LogP contribution in [-0.2, 0) is 11.8 Å². The number of carbonyl (C=O) groups is 1. The molecule has 4 rings (SSSR count). The van der Waals surface area contributed by atoms with E-state index in [4.69, 9.17) is 27.9 Å². The number of hydrogen-bond donors (Lipinski definition) is 1. The van der Waals surface area contributed by atoms with E-state index >= 15 is 0 Å². The Morgan fingerprint density at radius 3 is 2.84 bits per heavy atom. The molecule has 1 aliphatic carbocycles. The minimum Gasteiger partial charge on any atom is -0.461 e. The number of anilines is 1. The van der Waals surface area contributed by atoms with Crippen LogP contribution in [-0.4, -0.2) is 26.7 Å². The van der Waals surface area contributed by atoms with Crippen molar-refractivity contribution in [2.75, 3.05) is 11.9 Å². The molecule has 0 radical (unpaired) electrons. The summed E-state index contributed by atoms with van der Waals surface area (Å²) in [5, 5.41) is 4.40. The van der Waals surface area contributed by atoms with E-state index in [9.17, 15) is 9.59 Å². The molecule has 7 nitrogen and oxygen atoms in total. The SMILES string of the molecule is CCOC(=O)c1nc(Br)n2c1C(Nc1cc(Cl)cn(C)c1=O)C1=CC=C(Cl)CC1=C2C. The predicted molar refractivity (Wildman–Crippen MR) is 124 cm³/mol. The van der Waals surface area contributed by atoms with Crippen LogP contribution in [0.15, 0.2) is 50.1 Å². The molecule has 1 unspecified atom stereocenters. The Balaban J connectivity index is 1.96. The molecule has 0 saturated carbocycles. The Hall–Kier alpha value is -2.29. The summed E-state index contributed by atoms with van der Waals surface area (Å²) < 4.78 is 8.95. The van der Waals surface area contributed by atoms with Gasteiger partial charge in [-0.2, -0.15) is 0 Å². The molecule has 1 aliphatic heterocycles. The van der Waals surface area contributed by atoms with Crippen molar-refractivity contribution in [1.29, 1.82) is 0 Å². The number of esters is 1. The topological polar surface area (TPSA) is 78.2 Å². The molecule has 2 aromatic rings. The summed E-state index contributed by atoms with van der Waals surface area (Å²) in [4.78, 5) is 29.9. The van der Waals surface area contributed by atoms with Crippen LogP contribution in [0.5, 0.6) is 0 Å². The molecule has 0 amide bonds. The van der Waals surface area contributed by atoms with Crippen molar-refractivity contribution in [3.63, 3.8) is 0 Å². The number of pyridine rings is 1. The van der Waals surface area contributed by atoms with Crippen molar-refractivity contribution in [2.24, 2.45) is 7.05 Å². The number of imidazole rings is 1. The smallest absolute Gasteiger partial charge is 0.358 e. The van der Waals surface area contributed by atoms with Crippen LogP contribution in [0, 0.1) is 0 Å². The van der Waals surface area contributed by atoms with Gasteiger partial charge in [0.15, 0.2) is 10.4 Å². The van der Waals surface area contributed by atoms with E-state index < -0.39 is 12.0 Å². The van der Waals surface area contributed by atoms with Gasteiger partial charge < -0.3 is 14.6 Å². The van der Waals surface area contributed by atoms with E-state index in [-0.39, 0.29) is 17.9 Å². The zero-order chi connectivity index (χ0) is 22.4. The summed E-state index contributed by atoms with van der Waals surface area (Å²) >= 11 is 16.0. The summed E-state index contributed by atoms with van der Waals surface area (Å²) in [6.45, 7) is 3.90. The van der Waals surface area contributed by atoms with Crippen molar-refractivity contribution >= 4 is 56.5 Å². The summed E-state index contributed by atoms with van der Waals surface area (Å²) in [5.41, 5.74) is 3.58. The molecule has 0 saturated heterocycles. The maximum absolute atomic E-state index is 12.8. The van der Waals surface area contributed by atoms with Gasteiger partial charge in [-0.25, -0.2) is 9.78 Å². The molecule has 1 atom stereocenters. The van der Waals surface area contributed by atoms with E-state index in [1.807, 2.05) is 23.6 Å². The highest BCUT2D eigenvalue weighted by molar-refractivity contribution is 9.10. The van der Waals surface area contributed by atoms with Crippen molar-refractivity contribution in [1.82, 2.24) is 14.1 Å². The first-order valence-corrected chi connectivity index (χ1v) is 11.1. The van der Waals surface area contributed by atoms with E-state index in [0.717, 1.165) is 16.8 Å². The van der Waals surface area contributed by atoms with Crippen LogP contribution in [0.25, 0.3) is 5.70 Å². The van der Waals surface area contributed by atoms with E-state index in [1.54, 1.807) is 26.2 Å². The second-order valence-electron chi connectivity index (χ2n) is 7.21. The zero-order valence-electron chi connectivity index (χ0n) is 17.0. The summed E-state index contributed by atoms with van der Waals surface area (Å²) in [7, 11) is 1.63. The number of nitrogens with one attached hydrogen (secondary N) is 1. The Morgan fingerprint density at radius 1 is 1.39 bits per heavy atom. The van der Waals surface area contributed by atoms with Gasteiger partial charge in [0.25, 0.3) is 5.56 Å². The van der Waals surface area contributed by atoms with Gasteiger partial charge >= 0.3 is 5.97 Å². The maximum Gasteiger partial charge on any atom is 0.358 e. The van der Waals surface area contributed by atoms with E-state index in [1.165, 1.54) is 4.57 Å². The number of allylic oxidation sites excluding steroid dienone is 4. The van der Waals surface area contributed by atoms with E-state index in [2.05, 4.69) is 26.2 Å². The zero-order valence-corrected chi connectivity index (χ0v) is 20.1. The number of aryl methyl sites for hydroxylation is 1. The van der Waals surface area contributed by atoms with Crippen molar-refractivity contribution in [2.45, 2.75) is 26.3 Å². The van der Waals surface area contributed by atoms with Gasteiger partial charge in [0.1, 0.15) is 5.69 Å². The normalized spacial score (nSPS) is 17.5. The first-order valence-electron chi connectivity index (χ1n) is 9.57. The fourth-order valence-electron chi connectivity index (χ4n) is 3.92. The molecule has 31 heavy (non-hydrogen) atoms. The Kier molecular flexibility index (Phi) is 5.89. The van der Waals surface area contributed by atoms with Gasteiger partial charge in [-0.05, 0) is 53.1 Å². The largest absolute Gasteiger partial charge is 0.461 e. The fraction of sp³-hybridized carbons (Fsp3) is 0.286. The molecule has 10 heteroatoms. The lowest BCUT2D eigenvalue weighted by Gasteiger charge is -2.34. The molecule has 0 fully saturated rings. The van der Waals surface area contributed by atoms with Crippen LogP contribution in [0.1, 0.15) is 42.5 Å². The summed E-state index contributed by atoms with van der Waals surface area (Å²) in [6, 6.07) is 1.02. The Bertz CT molecular complexity index is 1260. The molecular formula is C21H19BrCl2N4O3. The second kappa shape index (κ2) is 8.33. The monoisotopic (exact) mass is 524 g/mol. The standard InChI is InChI=1S/C21H19BrCl2N4O3/c1-4-31-20(30)17-18-16(25-15-8-12(24)9-27(3)19(15)29)13-6-5-11(23)7-14(13)10(2)28(18)21(22)26-17/h5-6,8-9,16,25H,4,7H2,1-3H3. The third-order valence-corrected chi connectivity index (χ3v) is 6.28. The van der Waals surface area contributed by atoms with Gasteiger partial charge in [0, 0.05) is 30.4 Å². The van der Waals surface area contributed by atoms with Gasteiger partial charge in [0.2, 0.25) is 0 Å². The van der Waals surface area contributed by atoms with Gasteiger partial charge in [-0.1, -0.05) is 29.3 Å². The molecule has 2 aromatic heterocycles. The number of fused-ring (bicyclic) bond motifs is 2. The Morgan fingerprint density at radius 2 is 2.13 bits per heavy atom.